The molecule has 4 amide bonds. The largest absolute Gasteiger partial charge is 0.510 e. The maximum atomic E-state index is 13.3. The number of carbonyl (C=O) groups excluding carboxylic acids is 6. The monoisotopic (exact) mass is 1230 g/mol. The van der Waals surface area contributed by atoms with Crippen molar-refractivity contribution in [3.05, 3.63) is 118 Å². The number of primary amides is 1. The Kier molecular flexibility index (Phi) is 23.3. The first-order valence-electron chi connectivity index (χ1n) is 23.4. The third kappa shape index (κ3) is 13.8. The topological polar surface area (TPSA) is 462 Å². The number of methoxy groups -OCH3 is 2. The Balaban J connectivity index is 0.000000330. The first-order chi connectivity index (χ1) is 37.4. The summed E-state index contributed by atoms with van der Waals surface area (Å²) in [7, 11) is 6.99. The van der Waals surface area contributed by atoms with E-state index in [0.29, 0.717) is 6.61 Å². The molecule has 1 unspecified atom stereocenters. The number of aromatic hydroxyl groups is 1. The highest BCUT2D eigenvalue weighted by Gasteiger charge is 2.69. The average molecular weight is 1230 g/mol. The van der Waals surface area contributed by atoms with Crippen molar-refractivity contribution in [3.63, 3.8) is 0 Å². The van der Waals surface area contributed by atoms with Crippen LogP contribution in [-0.4, -0.2) is 191 Å². The molecule has 2 heterocycles. The van der Waals surface area contributed by atoms with Gasteiger partial charge in [-0.15, -0.1) is 0 Å². The number of aliphatic hydroxyl groups is 5. The lowest BCUT2D eigenvalue weighted by atomic mass is 9.54. The summed E-state index contributed by atoms with van der Waals surface area (Å²) >= 11 is 6.51. The van der Waals surface area contributed by atoms with E-state index in [9.17, 15) is 67.8 Å². The first kappa shape index (κ1) is 69.1. The number of pyridine rings is 1. The van der Waals surface area contributed by atoms with Gasteiger partial charge in [0, 0.05) is 34.5 Å². The van der Waals surface area contributed by atoms with Gasteiger partial charge in [-0.05, 0) is 69.1 Å². The molecule has 0 fully saturated rings. The molecule has 0 saturated carbocycles. The number of nitrogens with one attached hydrogen (secondary N) is 2. The van der Waals surface area contributed by atoms with Crippen LogP contribution in [0.5, 0.6) is 17.5 Å². The van der Waals surface area contributed by atoms with Crippen molar-refractivity contribution in [3.8, 4) is 17.5 Å². The van der Waals surface area contributed by atoms with E-state index in [2.05, 4.69) is 20.3 Å². The van der Waals surface area contributed by atoms with Gasteiger partial charge in [-0.25, -0.2) is 14.5 Å². The van der Waals surface area contributed by atoms with Crippen LogP contribution < -0.4 is 25.2 Å². The number of sulfonamides is 1. The number of hydrogen-bond acceptors (Lipinski definition) is 25. The number of nitrogens with two attached hydrogens (primary N) is 1. The number of Topliss-reactive ketones (excluding diaryl/α,β-unsaturated/α-hetero) is 2. The molecule has 7 rings (SSSR count). The van der Waals surface area contributed by atoms with Crippen LogP contribution in [0.1, 0.15) is 50.9 Å². The van der Waals surface area contributed by atoms with Crippen LogP contribution in [0, 0.1) is 11.8 Å². The number of benzene rings is 2. The van der Waals surface area contributed by atoms with E-state index in [-0.39, 0.29) is 51.3 Å². The lowest BCUT2D eigenvalue weighted by Gasteiger charge is -2.55. The third-order valence-corrected chi connectivity index (χ3v) is 19.6. The van der Waals surface area contributed by atoms with Crippen LogP contribution in [0.25, 0.3) is 0 Å². The van der Waals surface area contributed by atoms with Gasteiger partial charge in [0.2, 0.25) is 29.2 Å². The van der Waals surface area contributed by atoms with Crippen molar-refractivity contribution in [1.82, 2.24) is 29.5 Å². The fourth-order valence-corrected chi connectivity index (χ4v) is 13.7. The zero-order valence-electron chi connectivity index (χ0n) is 45.5. The number of urea groups is 1. The summed E-state index contributed by atoms with van der Waals surface area (Å²) in [6.07, 6.45) is -0.683. The number of carbonyl (C=O) groups is 6. The number of amides is 4. The zero-order valence-corrected chi connectivity index (χ0v) is 48.8. The molecule has 82 heavy (non-hydrogen) atoms. The second kappa shape index (κ2) is 27.7. The second-order valence-corrected chi connectivity index (χ2v) is 26.0. The Bertz CT molecular complexity index is 3270. The summed E-state index contributed by atoms with van der Waals surface area (Å²) in [6.45, 7) is 3.35. The minimum atomic E-state index is -4.46. The Morgan fingerprint density at radius 3 is 2.00 bits per heavy atom. The number of likely N-dealkylation sites (N-methyl/N-ethyl adjacent to an activating group) is 1. The van der Waals surface area contributed by atoms with Crippen molar-refractivity contribution in [1.29, 1.82) is 0 Å². The maximum Gasteiger partial charge on any atom is 0.335 e. The van der Waals surface area contributed by atoms with E-state index in [1.165, 1.54) is 127 Å². The van der Waals surface area contributed by atoms with Gasteiger partial charge >= 0.3 is 12.0 Å². The van der Waals surface area contributed by atoms with Crippen molar-refractivity contribution >= 4 is 80.2 Å². The Hall–Kier alpha value is -7.20. The Labute approximate surface area is 478 Å². The smallest absolute Gasteiger partial charge is 0.335 e. The lowest BCUT2D eigenvalue weighted by Crippen LogP contribution is -2.70. The number of phenols is 1. The van der Waals surface area contributed by atoms with Gasteiger partial charge in [0.05, 0.1) is 73.2 Å². The molecule has 33 heteroatoms. The van der Waals surface area contributed by atoms with E-state index < -0.39 is 119 Å². The number of phenolic OH excluding ortho intramolecular Hbond substituents is 1. The standard InChI is InChI=1S/C22H24N2O9.C15H18N6O6S.C12H17O4PS2.2H2O/c1-21(32)7-5-4-6-8(25)9(7)15(26)10-12(21)17(28)13-14(24(2)3)16(27)11(20(23)31)19(30)22(13,33)18(10)29;1-21(2)13(22)9-6-5-7-16-12(9)28(24,25)20-15(23)19-14-17-10(26-3)8-11(18-14)27-4;1-4-16-12(13)11(10-8-6-5-7-9-10)19-17(18,14-2)15-3;;/h4-6,12-14,17,25,27-29,32-33H,1-3H3,(H2,23,31);5-8H,1-4H3,(H2,17,18,19,20,23);5-9,11H,4H2,1-3H3;2*1H2/t12-,13-,14+,17+,21-,22+;;;;/m1..../s1. The number of aromatic nitrogens is 3. The molecule has 4 aromatic rings. The second-order valence-electron chi connectivity index (χ2n) is 17.9. The van der Waals surface area contributed by atoms with Crippen LogP contribution in [0.3, 0.4) is 0 Å². The fraction of sp³-hybridized carbons (Fsp3) is 0.367. The van der Waals surface area contributed by atoms with Gasteiger partial charge in [-0.1, -0.05) is 53.8 Å². The molecule has 14 N–H and O–H groups in total. The highest BCUT2D eigenvalue weighted by atomic mass is 32.9. The number of ether oxygens (including phenoxy) is 3. The molecule has 0 aliphatic heterocycles. The molecule has 0 saturated heterocycles. The van der Waals surface area contributed by atoms with Crippen LogP contribution in [0.4, 0.5) is 10.7 Å². The van der Waals surface area contributed by atoms with Gasteiger partial charge in [0.15, 0.2) is 16.4 Å². The van der Waals surface area contributed by atoms with Crippen molar-refractivity contribution in [2.75, 3.05) is 68.6 Å². The molecule has 0 spiro atoms. The predicted octanol–water partition coefficient (Wildman–Crippen LogP) is 0.749. The zero-order chi connectivity index (χ0) is 60.0. The summed E-state index contributed by atoms with van der Waals surface area (Å²) in [5, 5.41) is 67.5. The third-order valence-electron chi connectivity index (χ3n) is 12.5. The minimum Gasteiger partial charge on any atom is -0.510 e. The number of nitrogens with zero attached hydrogens (tertiary/aromatic N) is 5. The quantitative estimate of drug-likeness (QED) is 0.0450. The van der Waals surface area contributed by atoms with E-state index in [1.54, 1.807) is 11.6 Å². The number of hydrogen-bond donors (Lipinski definition) is 9. The average Bonchev–Trinajstić information content (AvgIpc) is 3.41. The SMILES string of the molecule is CCOC(=O)C(SP(=S)(OC)OC)c1ccccc1.CN(C)[C@@H]1C(O)=C(C(N)=O)C(=O)[C@@]2(O)C(O)=C3C(=O)c4c(O)cccc4[C@@](C)(O)[C@H]3[C@H](O)[C@@H]12.COc1cc(OC)nc(NC(=O)NS(=O)(=O)c2ncccc2C(=O)N(C)C)n1.O.O. The van der Waals surface area contributed by atoms with Gasteiger partial charge in [0.25, 0.3) is 21.8 Å². The van der Waals surface area contributed by atoms with E-state index in [0.717, 1.165) is 5.56 Å². The highest BCUT2D eigenvalue weighted by molar-refractivity contribution is 8.68. The number of esters is 1. The van der Waals surface area contributed by atoms with E-state index in [1.807, 2.05) is 30.3 Å². The van der Waals surface area contributed by atoms with Gasteiger partial charge < -0.3 is 75.5 Å². The van der Waals surface area contributed by atoms with Gasteiger partial charge in [-0.3, -0.25) is 34.2 Å². The van der Waals surface area contributed by atoms with E-state index >= 15 is 0 Å². The summed E-state index contributed by atoms with van der Waals surface area (Å²) in [5.74, 6) is -10.7. The summed E-state index contributed by atoms with van der Waals surface area (Å²) in [5.41, 5.74) is -3.77. The fourth-order valence-electron chi connectivity index (χ4n) is 8.95. The lowest BCUT2D eigenvalue weighted by molar-refractivity contribution is -0.173. The molecule has 448 valence electrons. The maximum absolute atomic E-state index is 13.3. The van der Waals surface area contributed by atoms with E-state index in [4.69, 9.17) is 40.8 Å². The molecule has 2 aromatic heterocycles. The van der Waals surface area contributed by atoms with Gasteiger partial charge in [-0.2, -0.15) is 18.4 Å². The van der Waals surface area contributed by atoms with Crippen LogP contribution in [0.15, 0.2) is 101 Å². The van der Waals surface area contributed by atoms with Gasteiger partial charge in [0.1, 0.15) is 28.1 Å². The highest BCUT2D eigenvalue weighted by Crippen LogP contribution is 2.65. The van der Waals surface area contributed by atoms with Crippen LogP contribution in [-0.2, 0) is 55.6 Å². The first-order valence-corrected chi connectivity index (χ1v) is 29.0. The number of anilines is 1. The summed E-state index contributed by atoms with van der Waals surface area (Å²) in [6, 6.07) is 14.8. The molecule has 0 radical (unpaired) electrons. The minimum absolute atomic E-state index is 0. The molecular formula is C49H63N8O21PS3. The van der Waals surface area contributed by atoms with Crippen molar-refractivity contribution < 1.29 is 102 Å². The predicted molar refractivity (Wildman–Crippen MR) is 297 cm³/mol. The van der Waals surface area contributed by atoms with Crippen molar-refractivity contribution in [2.24, 2.45) is 17.6 Å². The summed E-state index contributed by atoms with van der Waals surface area (Å²) in [4.78, 5) is 88.8. The molecule has 7 atom stereocenters. The molecule has 3 aliphatic rings. The number of fused-ring (bicyclic) bond motifs is 3. The molecule has 29 nitrogen and oxygen atoms in total. The number of rotatable bonds is 15. The Morgan fingerprint density at radius 1 is 0.902 bits per heavy atom. The number of aliphatic hydroxyl groups excluding tert-OH is 3. The molecule has 3 aliphatic carbocycles. The number of ketones is 2. The van der Waals surface area contributed by atoms with Crippen molar-refractivity contribution in [2.45, 2.75) is 47.5 Å². The molecular weight excluding hydrogens is 1160 g/mol. The molecule has 0 bridgehead atoms. The Morgan fingerprint density at radius 2 is 1.49 bits per heavy atom. The van der Waals surface area contributed by atoms with Crippen LogP contribution >= 0.6 is 17.1 Å². The normalized spacial score (nSPS) is 21.1. The van der Waals surface area contributed by atoms with Crippen LogP contribution in [0.2, 0.25) is 0 Å². The summed E-state index contributed by atoms with van der Waals surface area (Å²) < 4.78 is 52.2. The molecule has 2 aromatic carbocycles.